The van der Waals surface area contributed by atoms with Crippen LogP contribution in [0, 0.1) is 0 Å². The molecule has 15 heavy (non-hydrogen) atoms. The third-order valence-corrected chi connectivity index (χ3v) is 2.60. The molecule has 0 spiro atoms. The summed E-state index contributed by atoms with van der Waals surface area (Å²) in [4.78, 5) is 0. The zero-order chi connectivity index (χ0) is 10.2. The van der Waals surface area contributed by atoms with Gasteiger partial charge in [0.2, 0.25) is 0 Å². The Kier molecular flexibility index (Phi) is 3.99. The fraction of sp³-hybridized carbons (Fsp3) is 0.286. The summed E-state index contributed by atoms with van der Waals surface area (Å²) < 4.78 is 0. The van der Waals surface area contributed by atoms with E-state index < -0.39 is 0 Å². The Labute approximate surface area is 115 Å². The van der Waals surface area contributed by atoms with Crippen molar-refractivity contribution < 1.29 is 31.0 Å². The first-order valence-electron chi connectivity index (χ1n) is 5.07. The van der Waals surface area contributed by atoms with Crippen molar-refractivity contribution in [1.82, 2.24) is 0 Å². The van der Waals surface area contributed by atoms with Crippen LogP contribution in [0.25, 0.3) is 10.8 Å². The molecule has 0 N–H and O–H groups in total. The second-order valence-corrected chi connectivity index (χ2v) is 4.78. The molecule has 0 radical (unpaired) electrons. The molecule has 0 fully saturated rings. The predicted molar refractivity (Wildman–Crippen MR) is 63.8 cm³/mol. The average molecular weight is 208 g/mol. The molecule has 0 aliphatic heterocycles. The minimum atomic E-state index is 0. The Balaban J connectivity index is 0.00000112. The first-order chi connectivity index (χ1) is 6.59. The van der Waals surface area contributed by atoms with E-state index in [1.165, 1.54) is 16.3 Å². The van der Waals surface area contributed by atoms with Crippen molar-refractivity contribution in [3.8, 4) is 0 Å². The third kappa shape index (κ3) is 2.63. The quantitative estimate of drug-likeness (QED) is 0.572. The Morgan fingerprint density at radius 3 is 2.13 bits per heavy atom. The molecule has 0 saturated heterocycles. The van der Waals surface area contributed by atoms with E-state index in [9.17, 15) is 0 Å². The van der Waals surface area contributed by atoms with Crippen molar-refractivity contribution in [1.29, 1.82) is 0 Å². The van der Waals surface area contributed by atoms with Gasteiger partial charge >= 0.3 is 29.6 Å². The summed E-state index contributed by atoms with van der Waals surface area (Å²) in [6, 6.07) is 15.1. The van der Waals surface area contributed by atoms with Crippen LogP contribution in [0.2, 0.25) is 0 Å². The Morgan fingerprint density at radius 1 is 0.867 bits per heavy atom. The fourth-order valence-electron chi connectivity index (χ4n) is 1.88. The minimum Gasteiger partial charge on any atom is -1.00 e. The Bertz CT molecular complexity index is 452. The van der Waals surface area contributed by atoms with Gasteiger partial charge in [-0.2, -0.15) is 0 Å². The van der Waals surface area contributed by atoms with E-state index in [0.717, 1.165) is 0 Å². The maximum atomic E-state index is 2.26. The molecular formula is C14H17Na. The molecule has 0 aromatic heterocycles. The van der Waals surface area contributed by atoms with Crippen molar-refractivity contribution in [2.24, 2.45) is 0 Å². The largest absolute Gasteiger partial charge is 1.00 e. The minimum absolute atomic E-state index is 0. The van der Waals surface area contributed by atoms with Crippen LogP contribution in [-0.2, 0) is 5.41 Å². The van der Waals surface area contributed by atoms with Gasteiger partial charge in [0, 0.05) is 0 Å². The Hall–Kier alpha value is -0.300. The van der Waals surface area contributed by atoms with Gasteiger partial charge in [-0.15, -0.1) is 0 Å². The Morgan fingerprint density at radius 2 is 1.47 bits per heavy atom. The number of hydrogen-bond donors (Lipinski definition) is 0. The van der Waals surface area contributed by atoms with Crippen molar-refractivity contribution in [3.63, 3.8) is 0 Å². The predicted octanol–water partition coefficient (Wildman–Crippen LogP) is 1.25. The van der Waals surface area contributed by atoms with E-state index in [2.05, 4.69) is 63.2 Å². The molecule has 0 aliphatic rings. The van der Waals surface area contributed by atoms with Crippen LogP contribution in [0.3, 0.4) is 0 Å². The van der Waals surface area contributed by atoms with E-state index in [-0.39, 0.29) is 36.4 Å². The van der Waals surface area contributed by atoms with Gasteiger partial charge in [-0.05, 0) is 21.8 Å². The molecule has 0 atom stereocenters. The average Bonchev–Trinajstić information content (AvgIpc) is 2.15. The molecule has 0 unspecified atom stereocenters. The van der Waals surface area contributed by atoms with Crippen molar-refractivity contribution in [2.45, 2.75) is 26.2 Å². The van der Waals surface area contributed by atoms with Crippen LogP contribution in [0.15, 0.2) is 42.5 Å². The fourth-order valence-corrected chi connectivity index (χ4v) is 1.88. The first kappa shape index (κ1) is 12.8. The van der Waals surface area contributed by atoms with Crippen LogP contribution in [0.1, 0.15) is 27.8 Å². The molecular weight excluding hydrogens is 191 g/mol. The van der Waals surface area contributed by atoms with Gasteiger partial charge in [-0.3, -0.25) is 0 Å². The maximum Gasteiger partial charge on any atom is 1.00 e. The van der Waals surface area contributed by atoms with E-state index in [1.54, 1.807) is 0 Å². The van der Waals surface area contributed by atoms with Crippen molar-refractivity contribution in [2.75, 3.05) is 0 Å². The van der Waals surface area contributed by atoms with Crippen LogP contribution < -0.4 is 29.6 Å². The van der Waals surface area contributed by atoms with E-state index in [1.807, 2.05) is 0 Å². The third-order valence-electron chi connectivity index (χ3n) is 2.60. The van der Waals surface area contributed by atoms with E-state index >= 15 is 0 Å². The topological polar surface area (TPSA) is 0 Å². The number of benzene rings is 2. The summed E-state index contributed by atoms with van der Waals surface area (Å²) in [5.41, 5.74) is 1.65. The number of fused-ring (bicyclic) bond motifs is 1. The molecule has 0 heterocycles. The van der Waals surface area contributed by atoms with Crippen molar-refractivity contribution in [3.05, 3.63) is 48.0 Å². The summed E-state index contributed by atoms with van der Waals surface area (Å²) in [7, 11) is 0. The monoisotopic (exact) mass is 208 g/mol. The summed E-state index contributed by atoms with van der Waals surface area (Å²) in [5, 5.41) is 2.71. The smallest absolute Gasteiger partial charge is 1.00 e. The first-order valence-corrected chi connectivity index (χ1v) is 5.07. The molecule has 2 aromatic rings. The molecule has 0 saturated carbocycles. The second kappa shape index (κ2) is 4.69. The number of hydrogen-bond acceptors (Lipinski definition) is 0. The molecule has 2 rings (SSSR count). The molecule has 0 amide bonds. The van der Waals surface area contributed by atoms with E-state index in [0.29, 0.717) is 0 Å². The van der Waals surface area contributed by atoms with Crippen molar-refractivity contribution >= 4 is 10.8 Å². The molecule has 1 heteroatoms. The summed E-state index contributed by atoms with van der Waals surface area (Å²) in [6.07, 6.45) is 0. The van der Waals surface area contributed by atoms with Gasteiger partial charge in [-0.25, -0.2) is 0 Å². The maximum absolute atomic E-state index is 2.26. The molecule has 0 bridgehead atoms. The standard InChI is InChI=1S/C14H16.Na.H/c1-14(2,3)13-10-6-8-11-7-4-5-9-12(11)13;;/h4-10H,1-3H3;;/q;+1;-1. The van der Waals surface area contributed by atoms with Crippen LogP contribution in [0.5, 0.6) is 0 Å². The van der Waals surface area contributed by atoms with Gasteiger partial charge in [0.05, 0.1) is 0 Å². The van der Waals surface area contributed by atoms with Gasteiger partial charge in [0.15, 0.2) is 0 Å². The van der Waals surface area contributed by atoms with Crippen LogP contribution >= 0.6 is 0 Å². The number of rotatable bonds is 0. The molecule has 74 valence electrons. The van der Waals surface area contributed by atoms with Gasteiger partial charge < -0.3 is 1.43 Å². The summed E-state index contributed by atoms with van der Waals surface area (Å²) in [6.45, 7) is 6.78. The second-order valence-electron chi connectivity index (χ2n) is 4.78. The van der Waals surface area contributed by atoms with Crippen LogP contribution in [-0.4, -0.2) is 0 Å². The van der Waals surface area contributed by atoms with Gasteiger partial charge in [0.25, 0.3) is 0 Å². The summed E-state index contributed by atoms with van der Waals surface area (Å²) in [5.74, 6) is 0. The zero-order valence-corrected chi connectivity index (χ0v) is 12.0. The van der Waals surface area contributed by atoms with E-state index in [4.69, 9.17) is 0 Å². The SMILES string of the molecule is CC(C)(C)c1cccc2ccccc12.[H-].[Na+]. The van der Waals surface area contributed by atoms with Crippen LogP contribution in [0.4, 0.5) is 0 Å². The normalized spacial score (nSPS) is 11.1. The van der Waals surface area contributed by atoms with Gasteiger partial charge in [-0.1, -0.05) is 63.2 Å². The summed E-state index contributed by atoms with van der Waals surface area (Å²) >= 11 is 0. The van der Waals surface area contributed by atoms with Gasteiger partial charge in [0.1, 0.15) is 0 Å². The zero-order valence-electron chi connectivity index (χ0n) is 11.0. The molecule has 0 aliphatic carbocycles. The molecule has 0 nitrogen and oxygen atoms in total. The molecule has 2 aromatic carbocycles.